The van der Waals surface area contributed by atoms with Crippen LogP contribution in [0.3, 0.4) is 0 Å². The average molecular weight is 346 g/mol. The van der Waals surface area contributed by atoms with E-state index in [1.807, 2.05) is 0 Å². The smallest absolute Gasteiger partial charge is 0.265 e. The number of hydrogen-bond donors (Lipinski definition) is 1. The molecule has 2 aromatic carbocycles. The van der Waals surface area contributed by atoms with E-state index in [1.165, 1.54) is 32.4 Å². The molecule has 0 aliphatic carbocycles. The number of anilines is 1. The number of benzene rings is 2. The lowest BCUT2D eigenvalue weighted by molar-refractivity contribution is 0.392. The molecule has 0 spiro atoms. The second-order valence-electron chi connectivity index (χ2n) is 4.25. The fraction of sp³-hybridized carbons (Fsp3) is 0.143. The Kier molecular flexibility index (Phi) is 4.77. The largest absolute Gasteiger partial charge is 0.497 e. The topological polar surface area (TPSA) is 64.6 Å². The number of hydrogen-bond acceptors (Lipinski definition) is 4. The van der Waals surface area contributed by atoms with Gasteiger partial charge in [0.05, 0.1) is 24.9 Å². The van der Waals surface area contributed by atoms with Crippen molar-refractivity contribution in [2.45, 2.75) is 4.90 Å². The Bertz CT molecular complexity index is 795. The standard InChI is InChI=1S/C14H13ClFNO4S/c1-20-10-4-6-13(21-2)14(8-10)22(18,19)17-12-5-3-9(16)7-11(12)15/h3-8,17H,1-2H3. The van der Waals surface area contributed by atoms with Gasteiger partial charge < -0.3 is 9.47 Å². The number of rotatable bonds is 5. The summed E-state index contributed by atoms with van der Waals surface area (Å²) >= 11 is 5.83. The highest BCUT2D eigenvalue weighted by atomic mass is 35.5. The van der Waals surface area contributed by atoms with Crippen LogP contribution in [0.15, 0.2) is 41.3 Å². The van der Waals surface area contributed by atoms with Gasteiger partial charge in [0.1, 0.15) is 22.2 Å². The minimum atomic E-state index is -3.99. The summed E-state index contributed by atoms with van der Waals surface area (Å²) in [5.74, 6) is -0.0650. The first-order valence-corrected chi connectivity index (χ1v) is 7.93. The van der Waals surface area contributed by atoms with Crippen molar-refractivity contribution in [3.05, 3.63) is 47.2 Å². The Balaban J connectivity index is 2.46. The highest BCUT2D eigenvalue weighted by molar-refractivity contribution is 7.92. The van der Waals surface area contributed by atoms with E-state index in [0.29, 0.717) is 5.75 Å². The Labute approximate surface area is 132 Å². The maximum absolute atomic E-state index is 13.0. The van der Waals surface area contributed by atoms with Gasteiger partial charge in [-0.1, -0.05) is 11.6 Å². The molecule has 0 radical (unpaired) electrons. The predicted molar refractivity (Wildman–Crippen MR) is 81.8 cm³/mol. The molecule has 2 aromatic rings. The summed E-state index contributed by atoms with van der Waals surface area (Å²) in [6.07, 6.45) is 0. The van der Waals surface area contributed by atoms with E-state index in [2.05, 4.69) is 4.72 Å². The molecule has 0 saturated heterocycles. The lowest BCUT2D eigenvalue weighted by Gasteiger charge is -2.13. The summed E-state index contributed by atoms with van der Waals surface area (Å²) in [5, 5.41) is -0.0505. The summed E-state index contributed by atoms with van der Waals surface area (Å²) in [6.45, 7) is 0. The molecule has 0 saturated carbocycles. The van der Waals surface area contributed by atoms with Gasteiger partial charge in [-0.3, -0.25) is 4.72 Å². The first kappa shape index (κ1) is 16.4. The number of sulfonamides is 1. The molecule has 0 fully saturated rings. The van der Waals surface area contributed by atoms with Crippen molar-refractivity contribution in [2.75, 3.05) is 18.9 Å². The predicted octanol–water partition coefficient (Wildman–Crippen LogP) is 3.30. The van der Waals surface area contributed by atoms with E-state index < -0.39 is 15.8 Å². The van der Waals surface area contributed by atoms with E-state index in [-0.39, 0.29) is 21.4 Å². The number of methoxy groups -OCH3 is 2. The molecule has 0 aromatic heterocycles. The van der Waals surface area contributed by atoms with Crippen molar-refractivity contribution >= 4 is 27.3 Å². The van der Waals surface area contributed by atoms with Crippen LogP contribution in [0.4, 0.5) is 10.1 Å². The van der Waals surface area contributed by atoms with Crippen molar-refractivity contribution in [1.29, 1.82) is 0 Å². The van der Waals surface area contributed by atoms with Crippen LogP contribution in [0, 0.1) is 5.82 Å². The van der Waals surface area contributed by atoms with Crippen LogP contribution in [0.2, 0.25) is 5.02 Å². The van der Waals surface area contributed by atoms with Gasteiger partial charge in [-0.25, -0.2) is 12.8 Å². The van der Waals surface area contributed by atoms with Crippen LogP contribution in [0.5, 0.6) is 11.5 Å². The molecule has 0 heterocycles. The zero-order valence-electron chi connectivity index (χ0n) is 11.8. The van der Waals surface area contributed by atoms with Crippen molar-refractivity contribution in [1.82, 2.24) is 0 Å². The molecule has 2 rings (SSSR count). The highest BCUT2D eigenvalue weighted by Crippen LogP contribution is 2.31. The van der Waals surface area contributed by atoms with E-state index in [4.69, 9.17) is 21.1 Å². The molecular formula is C14H13ClFNO4S. The van der Waals surface area contributed by atoms with Gasteiger partial charge in [0.25, 0.3) is 10.0 Å². The average Bonchev–Trinajstić information content (AvgIpc) is 2.49. The lowest BCUT2D eigenvalue weighted by atomic mass is 10.3. The molecule has 1 N–H and O–H groups in total. The first-order valence-electron chi connectivity index (χ1n) is 6.07. The van der Waals surface area contributed by atoms with Crippen LogP contribution in [0.1, 0.15) is 0 Å². The lowest BCUT2D eigenvalue weighted by Crippen LogP contribution is -2.14. The molecule has 5 nitrogen and oxygen atoms in total. The number of ether oxygens (including phenoxy) is 2. The van der Waals surface area contributed by atoms with Gasteiger partial charge in [0.15, 0.2) is 0 Å². The van der Waals surface area contributed by atoms with Crippen molar-refractivity contribution in [3.8, 4) is 11.5 Å². The zero-order valence-corrected chi connectivity index (χ0v) is 13.3. The molecule has 0 aliphatic rings. The molecule has 0 amide bonds. The van der Waals surface area contributed by atoms with E-state index in [1.54, 1.807) is 6.07 Å². The van der Waals surface area contributed by atoms with Gasteiger partial charge in [0, 0.05) is 6.07 Å². The fourth-order valence-electron chi connectivity index (χ4n) is 1.77. The Morgan fingerprint density at radius 2 is 1.82 bits per heavy atom. The van der Waals surface area contributed by atoms with Gasteiger partial charge in [-0.15, -0.1) is 0 Å². The van der Waals surface area contributed by atoms with Crippen LogP contribution < -0.4 is 14.2 Å². The summed E-state index contributed by atoms with van der Waals surface area (Å²) in [7, 11) is -1.21. The molecule has 8 heteroatoms. The van der Waals surface area contributed by atoms with Gasteiger partial charge in [-0.2, -0.15) is 0 Å². The summed E-state index contributed by atoms with van der Waals surface area (Å²) < 4.78 is 50.4. The third kappa shape index (κ3) is 3.42. The Hall–Kier alpha value is -1.99. The fourth-order valence-corrected chi connectivity index (χ4v) is 3.30. The Morgan fingerprint density at radius 1 is 1.09 bits per heavy atom. The number of halogens is 2. The second-order valence-corrected chi connectivity index (χ2v) is 6.30. The maximum atomic E-state index is 13.0. The van der Waals surface area contributed by atoms with Crippen molar-refractivity contribution < 1.29 is 22.3 Å². The third-order valence-electron chi connectivity index (χ3n) is 2.84. The SMILES string of the molecule is COc1ccc(OC)c(S(=O)(=O)Nc2ccc(F)cc2Cl)c1. The van der Waals surface area contributed by atoms with Gasteiger partial charge >= 0.3 is 0 Å². The first-order chi connectivity index (χ1) is 10.4. The molecule has 0 atom stereocenters. The van der Waals surface area contributed by atoms with Crippen molar-refractivity contribution in [3.63, 3.8) is 0 Å². The molecule has 0 aliphatic heterocycles. The minimum absolute atomic E-state index is 0.0505. The van der Waals surface area contributed by atoms with E-state index in [0.717, 1.165) is 12.1 Å². The van der Waals surface area contributed by atoms with Crippen LogP contribution >= 0.6 is 11.6 Å². The molecule has 0 bridgehead atoms. The van der Waals surface area contributed by atoms with Gasteiger partial charge in [-0.05, 0) is 30.3 Å². The van der Waals surface area contributed by atoms with Crippen LogP contribution in [0.25, 0.3) is 0 Å². The molecule has 0 unspecified atom stereocenters. The van der Waals surface area contributed by atoms with Crippen LogP contribution in [-0.2, 0) is 10.0 Å². The van der Waals surface area contributed by atoms with E-state index in [9.17, 15) is 12.8 Å². The quantitative estimate of drug-likeness (QED) is 0.903. The van der Waals surface area contributed by atoms with Gasteiger partial charge in [0.2, 0.25) is 0 Å². The second kappa shape index (κ2) is 6.41. The summed E-state index contributed by atoms with van der Waals surface area (Å²) in [4.78, 5) is -0.116. The zero-order chi connectivity index (χ0) is 16.3. The normalized spacial score (nSPS) is 11.1. The summed E-state index contributed by atoms with van der Waals surface area (Å²) in [5.41, 5.74) is 0.0629. The molecular weight excluding hydrogens is 333 g/mol. The highest BCUT2D eigenvalue weighted by Gasteiger charge is 2.21. The van der Waals surface area contributed by atoms with Crippen molar-refractivity contribution in [2.24, 2.45) is 0 Å². The third-order valence-corrected chi connectivity index (χ3v) is 4.54. The van der Waals surface area contributed by atoms with E-state index >= 15 is 0 Å². The molecule has 118 valence electrons. The maximum Gasteiger partial charge on any atom is 0.265 e. The molecule has 22 heavy (non-hydrogen) atoms. The monoisotopic (exact) mass is 345 g/mol. The summed E-state index contributed by atoms with van der Waals surface area (Å²) in [6, 6.07) is 7.72. The van der Waals surface area contributed by atoms with Crippen LogP contribution in [-0.4, -0.2) is 22.6 Å². The Morgan fingerprint density at radius 3 is 2.41 bits per heavy atom. The minimum Gasteiger partial charge on any atom is -0.497 e. The number of nitrogens with one attached hydrogen (secondary N) is 1.